The van der Waals surface area contributed by atoms with Crippen molar-refractivity contribution < 1.29 is 9.84 Å². The summed E-state index contributed by atoms with van der Waals surface area (Å²) >= 11 is 0. The molecule has 1 unspecified atom stereocenters. The van der Waals surface area contributed by atoms with E-state index in [1.807, 2.05) is 31.2 Å². The summed E-state index contributed by atoms with van der Waals surface area (Å²) in [6.07, 6.45) is 0.671. The van der Waals surface area contributed by atoms with Crippen molar-refractivity contribution in [1.82, 2.24) is 0 Å². The largest absolute Gasteiger partial charge is 0.494 e. The summed E-state index contributed by atoms with van der Waals surface area (Å²) in [5, 5.41) is 8.69. The van der Waals surface area contributed by atoms with E-state index in [9.17, 15) is 0 Å². The summed E-state index contributed by atoms with van der Waals surface area (Å²) in [7, 11) is 0. The van der Waals surface area contributed by atoms with Gasteiger partial charge in [0.25, 0.3) is 0 Å². The van der Waals surface area contributed by atoms with E-state index < -0.39 is 0 Å². The summed E-state index contributed by atoms with van der Waals surface area (Å²) in [6.45, 7) is 2.59. The van der Waals surface area contributed by atoms with Gasteiger partial charge in [0.15, 0.2) is 0 Å². The van der Waals surface area contributed by atoms with Gasteiger partial charge in [0.2, 0.25) is 0 Å². The first-order valence-corrected chi connectivity index (χ1v) is 4.78. The topological polar surface area (TPSA) is 55.5 Å². The van der Waals surface area contributed by atoms with Gasteiger partial charge < -0.3 is 15.6 Å². The SMILES string of the molecule is Cc1ccc(OCCC(N)CO)cc1. The molecule has 0 spiro atoms. The highest BCUT2D eigenvalue weighted by Crippen LogP contribution is 2.11. The molecule has 0 fully saturated rings. The van der Waals surface area contributed by atoms with Crippen molar-refractivity contribution in [2.24, 2.45) is 5.73 Å². The molecule has 0 aromatic heterocycles. The first-order chi connectivity index (χ1) is 6.72. The quantitative estimate of drug-likeness (QED) is 0.739. The van der Waals surface area contributed by atoms with E-state index in [1.54, 1.807) is 0 Å². The third kappa shape index (κ3) is 3.77. The number of aliphatic hydroxyl groups excluding tert-OH is 1. The molecule has 1 aromatic carbocycles. The van der Waals surface area contributed by atoms with Crippen LogP contribution in [0.4, 0.5) is 0 Å². The van der Waals surface area contributed by atoms with Crippen molar-refractivity contribution in [3.63, 3.8) is 0 Å². The van der Waals surface area contributed by atoms with Crippen molar-refractivity contribution in [2.45, 2.75) is 19.4 Å². The van der Waals surface area contributed by atoms with Crippen LogP contribution in [-0.4, -0.2) is 24.4 Å². The number of nitrogens with two attached hydrogens (primary N) is 1. The number of hydrogen-bond acceptors (Lipinski definition) is 3. The molecule has 3 N–H and O–H groups in total. The molecule has 3 nitrogen and oxygen atoms in total. The maximum atomic E-state index is 8.69. The molecule has 0 aliphatic heterocycles. The van der Waals surface area contributed by atoms with Crippen molar-refractivity contribution in [3.8, 4) is 5.75 Å². The van der Waals surface area contributed by atoms with E-state index in [4.69, 9.17) is 15.6 Å². The van der Waals surface area contributed by atoms with Gasteiger partial charge >= 0.3 is 0 Å². The summed E-state index contributed by atoms with van der Waals surface area (Å²) in [5.74, 6) is 0.848. The lowest BCUT2D eigenvalue weighted by Gasteiger charge is -2.09. The minimum Gasteiger partial charge on any atom is -0.494 e. The van der Waals surface area contributed by atoms with Crippen molar-refractivity contribution in [1.29, 1.82) is 0 Å². The fourth-order valence-electron chi connectivity index (χ4n) is 1.05. The molecule has 0 saturated carbocycles. The number of aliphatic hydroxyl groups is 1. The second-order valence-corrected chi connectivity index (χ2v) is 3.39. The van der Waals surface area contributed by atoms with Gasteiger partial charge in [-0.05, 0) is 25.5 Å². The van der Waals surface area contributed by atoms with Gasteiger partial charge in [-0.25, -0.2) is 0 Å². The van der Waals surface area contributed by atoms with Gasteiger partial charge in [0, 0.05) is 6.04 Å². The van der Waals surface area contributed by atoms with Crippen LogP contribution in [0.3, 0.4) is 0 Å². The second-order valence-electron chi connectivity index (χ2n) is 3.39. The highest BCUT2D eigenvalue weighted by Gasteiger charge is 2.00. The first-order valence-electron chi connectivity index (χ1n) is 4.78. The zero-order valence-electron chi connectivity index (χ0n) is 8.44. The number of rotatable bonds is 5. The van der Waals surface area contributed by atoms with Crippen LogP contribution in [-0.2, 0) is 0 Å². The second kappa shape index (κ2) is 5.62. The standard InChI is InChI=1S/C11H17NO2/c1-9-2-4-11(5-3-9)14-7-6-10(12)8-13/h2-5,10,13H,6-8,12H2,1H3. The normalized spacial score (nSPS) is 12.5. The van der Waals surface area contributed by atoms with Crippen molar-refractivity contribution in [2.75, 3.05) is 13.2 Å². The maximum Gasteiger partial charge on any atom is 0.119 e. The Labute approximate surface area is 84.5 Å². The van der Waals surface area contributed by atoms with Gasteiger partial charge in [0.1, 0.15) is 5.75 Å². The van der Waals surface area contributed by atoms with Crippen LogP contribution in [0.1, 0.15) is 12.0 Å². The van der Waals surface area contributed by atoms with E-state index in [0.717, 1.165) is 5.75 Å². The van der Waals surface area contributed by atoms with Crippen molar-refractivity contribution in [3.05, 3.63) is 29.8 Å². The lowest BCUT2D eigenvalue weighted by atomic mass is 10.2. The number of benzene rings is 1. The molecule has 1 rings (SSSR count). The van der Waals surface area contributed by atoms with Gasteiger partial charge in [-0.15, -0.1) is 0 Å². The van der Waals surface area contributed by atoms with Crippen LogP contribution in [0.25, 0.3) is 0 Å². The highest BCUT2D eigenvalue weighted by atomic mass is 16.5. The Kier molecular flexibility index (Phi) is 4.43. The van der Waals surface area contributed by atoms with Crippen LogP contribution in [0.2, 0.25) is 0 Å². The van der Waals surface area contributed by atoms with E-state index in [2.05, 4.69) is 0 Å². The molecular formula is C11H17NO2. The van der Waals surface area contributed by atoms with E-state index in [1.165, 1.54) is 5.56 Å². The third-order valence-electron chi connectivity index (χ3n) is 2.01. The van der Waals surface area contributed by atoms with E-state index in [-0.39, 0.29) is 12.6 Å². The van der Waals surface area contributed by atoms with Gasteiger partial charge in [-0.1, -0.05) is 17.7 Å². The lowest BCUT2D eigenvalue weighted by molar-refractivity contribution is 0.230. The molecule has 0 aliphatic carbocycles. The maximum absolute atomic E-state index is 8.69. The molecule has 0 aliphatic rings. The Hall–Kier alpha value is -1.06. The molecule has 0 amide bonds. The minimum absolute atomic E-state index is 0.0112. The fraction of sp³-hybridized carbons (Fsp3) is 0.455. The van der Waals surface area contributed by atoms with Crippen LogP contribution in [0.5, 0.6) is 5.75 Å². The summed E-state index contributed by atoms with van der Waals surface area (Å²) in [5.41, 5.74) is 6.74. The smallest absolute Gasteiger partial charge is 0.119 e. The molecule has 3 heteroatoms. The average Bonchev–Trinajstić information content (AvgIpc) is 2.21. The molecule has 0 heterocycles. The summed E-state index contributed by atoms with van der Waals surface area (Å²) in [6, 6.07) is 7.68. The Morgan fingerprint density at radius 2 is 2.00 bits per heavy atom. The Balaban J connectivity index is 2.28. The summed E-state index contributed by atoms with van der Waals surface area (Å²) < 4.78 is 5.44. The van der Waals surface area contributed by atoms with Crippen LogP contribution in [0.15, 0.2) is 24.3 Å². The molecule has 0 bridgehead atoms. The van der Waals surface area contributed by atoms with Crippen LogP contribution < -0.4 is 10.5 Å². The van der Waals surface area contributed by atoms with E-state index >= 15 is 0 Å². The van der Waals surface area contributed by atoms with Gasteiger partial charge in [0.05, 0.1) is 13.2 Å². The number of aryl methyl sites for hydroxylation is 1. The molecule has 0 radical (unpaired) electrons. The minimum atomic E-state index is -0.180. The van der Waals surface area contributed by atoms with Gasteiger partial charge in [-0.3, -0.25) is 0 Å². The zero-order chi connectivity index (χ0) is 10.4. The van der Waals surface area contributed by atoms with Crippen LogP contribution >= 0.6 is 0 Å². The predicted octanol–water partition coefficient (Wildman–Crippen LogP) is 1.08. The Morgan fingerprint density at radius 1 is 1.36 bits per heavy atom. The predicted molar refractivity (Wildman–Crippen MR) is 56.4 cm³/mol. The molecule has 0 saturated heterocycles. The zero-order valence-corrected chi connectivity index (χ0v) is 8.44. The van der Waals surface area contributed by atoms with Gasteiger partial charge in [-0.2, -0.15) is 0 Å². The Bertz CT molecular complexity index is 258. The molecule has 78 valence electrons. The Morgan fingerprint density at radius 3 is 2.57 bits per heavy atom. The highest BCUT2D eigenvalue weighted by molar-refractivity contribution is 5.26. The third-order valence-corrected chi connectivity index (χ3v) is 2.01. The molecule has 1 aromatic rings. The molecular weight excluding hydrogens is 178 g/mol. The number of hydrogen-bond donors (Lipinski definition) is 2. The average molecular weight is 195 g/mol. The van der Waals surface area contributed by atoms with Crippen LogP contribution in [0, 0.1) is 6.92 Å². The van der Waals surface area contributed by atoms with E-state index in [0.29, 0.717) is 13.0 Å². The summed E-state index contributed by atoms with van der Waals surface area (Å²) in [4.78, 5) is 0. The molecule has 1 atom stereocenters. The van der Waals surface area contributed by atoms with Crippen molar-refractivity contribution >= 4 is 0 Å². The fourth-order valence-corrected chi connectivity index (χ4v) is 1.05. The number of ether oxygens (including phenoxy) is 1. The first kappa shape index (κ1) is 11.0. The lowest BCUT2D eigenvalue weighted by Crippen LogP contribution is -2.26. The molecule has 14 heavy (non-hydrogen) atoms. The monoisotopic (exact) mass is 195 g/mol.